The number of ether oxygens (including phenoxy) is 4. The number of alkyl halides is 3. The van der Waals surface area contributed by atoms with E-state index in [4.69, 9.17) is 47.7 Å². The molecule has 0 aliphatic heterocycles. The second kappa shape index (κ2) is 22.1. The molecule has 0 fully saturated rings. The number of nitrogens with zero attached hydrogens (tertiary/aromatic N) is 5. The number of anilines is 2. The number of aromatic nitrogens is 2. The number of halogens is 4. The van der Waals surface area contributed by atoms with Crippen LogP contribution >= 0.6 is 11.6 Å². The minimum Gasteiger partial charge on any atom is -0.444 e. The molecule has 0 saturated carbocycles. The number of aliphatic imine (C=N–C) groups is 2. The number of carbonyl (C=O) groups is 5. The van der Waals surface area contributed by atoms with Gasteiger partial charge in [-0.2, -0.15) is 21.6 Å². The summed E-state index contributed by atoms with van der Waals surface area (Å²) in [7, 11) is -6.03. The molecule has 0 aromatic carbocycles. The first-order valence-electron chi connectivity index (χ1n) is 17.4. The van der Waals surface area contributed by atoms with Crippen molar-refractivity contribution in [3.63, 3.8) is 0 Å². The molecule has 0 spiro atoms. The molecule has 0 aliphatic carbocycles. The zero-order valence-corrected chi connectivity index (χ0v) is 37.1. The molecule has 29 heteroatoms. The van der Waals surface area contributed by atoms with E-state index >= 15 is 0 Å². The number of carbonyl (C=O) groups excluding carboxylic acids is 5. The number of nitrogens with two attached hydrogens (primary N) is 3. The number of rotatable bonds is 6. The van der Waals surface area contributed by atoms with Crippen LogP contribution in [0.4, 0.5) is 44.0 Å². The molecule has 11 N–H and O–H groups in total. The molecule has 0 atom stereocenters. The van der Waals surface area contributed by atoms with E-state index in [-0.39, 0.29) is 47.5 Å². The first kappa shape index (κ1) is 55.1. The largest absolute Gasteiger partial charge is 0.518 e. The second-order valence-corrected chi connectivity index (χ2v) is 17.8. The number of nitrogen functional groups attached to an aromatic ring is 2. The van der Waals surface area contributed by atoms with E-state index in [0.717, 1.165) is 0 Å². The standard InChI is InChI=1S/C20H33ClN10O5.C12H20F3N3O6S/c1-19(2,3)35-17(33)30-16(31-18(34)36-20(4,5)6)26-9-7-8-25-15(24)29-14(32)10-12(22)28-13(23)11(21)27-10;1-10(2,3)23-8(19)16-7(17-9(20)24-11(4,5)6)18-25(21,22)12(13,14)15/h7-9H2,1-6H3,(H4,22,23,28)(H3,24,25,29,32)(H2,26,30,31,33,34);1-6H3,(H2,16,17,18,19,20). The average Bonchev–Trinajstić information content (AvgIpc) is 2.98. The van der Waals surface area contributed by atoms with E-state index in [1.165, 1.54) is 41.5 Å². The van der Waals surface area contributed by atoms with E-state index in [0.29, 0.717) is 6.42 Å². The molecule has 0 radical (unpaired) electrons. The molecule has 1 aromatic heterocycles. The van der Waals surface area contributed by atoms with Gasteiger partial charge < -0.3 is 36.1 Å². The fourth-order valence-corrected chi connectivity index (χ4v) is 3.81. The highest BCUT2D eigenvalue weighted by molar-refractivity contribution is 7.91. The Morgan fingerprint density at radius 2 is 0.984 bits per heavy atom. The summed E-state index contributed by atoms with van der Waals surface area (Å²) in [6.07, 6.45) is -3.96. The molecule has 1 heterocycles. The molecule has 0 aliphatic rings. The summed E-state index contributed by atoms with van der Waals surface area (Å²) in [4.78, 5) is 75.2. The molecule has 346 valence electrons. The number of hydrogen-bond acceptors (Lipinski definition) is 17. The number of amides is 5. The lowest BCUT2D eigenvalue weighted by Gasteiger charge is -2.22. The van der Waals surface area contributed by atoms with Gasteiger partial charge in [0.2, 0.25) is 11.9 Å². The van der Waals surface area contributed by atoms with Crippen molar-refractivity contribution in [1.82, 2.24) is 36.6 Å². The SMILES string of the molecule is CC(C)(C)OC(=O)NC(=NCCCN=C(N)NC(=O)c1nc(Cl)c(N)nc1N)NC(=O)OC(C)(C)C.CC(C)(C)OC(=O)NC(=NS(=O)(=O)C(F)(F)F)NC(=O)OC(C)(C)C. The number of nitrogens with one attached hydrogen (secondary N) is 5. The Balaban J connectivity index is 0.00000126. The van der Waals surface area contributed by atoms with Crippen molar-refractivity contribution in [2.75, 3.05) is 24.6 Å². The Morgan fingerprint density at radius 3 is 1.34 bits per heavy atom. The van der Waals surface area contributed by atoms with Gasteiger partial charge in [-0.3, -0.25) is 41.4 Å². The van der Waals surface area contributed by atoms with Crippen LogP contribution in [0.3, 0.4) is 0 Å². The number of hydrogen-bond donors (Lipinski definition) is 8. The highest BCUT2D eigenvalue weighted by atomic mass is 35.5. The third-order valence-electron chi connectivity index (χ3n) is 5.21. The predicted molar refractivity (Wildman–Crippen MR) is 217 cm³/mol. The van der Waals surface area contributed by atoms with Crippen LogP contribution in [-0.2, 0) is 29.0 Å². The van der Waals surface area contributed by atoms with Gasteiger partial charge in [-0.25, -0.2) is 29.1 Å². The Bertz CT molecular complexity index is 1890. The topological polar surface area (TPSA) is 357 Å². The smallest absolute Gasteiger partial charge is 0.444 e. The molecular weight excluding hydrogens is 867 g/mol. The van der Waals surface area contributed by atoms with Crippen molar-refractivity contribution in [2.24, 2.45) is 20.1 Å². The fraction of sp³-hybridized carbons (Fsp3) is 0.625. The van der Waals surface area contributed by atoms with Gasteiger partial charge in [0.1, 0.15) is 22.4 Å². The monoisotopic (exact) mass is 919 g/mol. The van der Waals surface area contributed by atoms with Crippen molar-refractivity contribution >= 4 is 81.4 Å². The lowest BCUT2D eigenvalue weighted by atomic mass is 10.2. The van der Waals surface area contributed by atoms with E-state index in [2.05, 4.69) is 40.3 Å². The van der Waals surface area contributed by atoms with Gasteiger partial charge in [0.25, 0.3) is 5.91 Å². The third-order valence-corrected chi connectivity index (χ3v) is 6.50. The lowest BCUT2D eigenvalue weighted by molar-refractivity contribution is -0.0436. The molecule has 1 rings (SSSR count). The molecule has 5 amide bonds. The van der Waals surface area contributed by atoms with Crippen LogP contribution in [-0.4, -0.2) is 108 Å². The van der Waals surface area contributed by atoms with Crippen molar-refractivity contribution < 1.29 is 64.5 Å². The fourth-order valence-electron chi connectivity index (χ4n) is 3.25. The Labute approximate surface area is 354 Å². The average molecular weight is 920 g/mol. The Morgan fingerprint density at radius 1 is 0.623 bits per heavy atom. The van der Waals surface area contributed by atoms with Gasteiger partial charge in [0.05, 0.1) is 0 Å². The number of sulfonamides is 1. The third kappa shape index (κ3) is 25.3. The van der Waals surface area contributed by atoms with Crippen molar-refractivity contribution in [2.45, 2.75) is 117 Å². The summed E-state index contributed by atoms with van der Waals surface area (Å²) in [6.45, 7) is 19.1. The summed E-state index contributed by atoms with van der Waals surface area (Å²) in [6, 6.07) is 0. The zero-order valence-electron chi connectivity index (χ0n) is 35.5. The van der Waals surface area contributed by atoms with Gasteiger partial charge in [-0.05, 0) is 89.5 Å². The van der Waals surface area contributed by atoms with Crippen LogP contribution in [0.25, 0.3) is 0 Å². The van der Waals surface area contributed by atoms with Crippen LogP contribution in [0, 0.1) is 0 Å². The zero-order chi connectivity index (χ0) is 47.9. The Hall–Kier alpha value is -5.93. The van der Waals surface area contributed by atoms with Crippen molar-refractivity contribution in [3.8, 4) is 0 Å². The maximum atomic E-state index is 12.4. The quantitative estimate of drug-likeness (QED) is 0.0877. The first-order valence-corrected chi connectivity index (χ1v) is 19.3. The summed E-state index contributed by atoms with van der Waals surface area (Å²) in [5.74, 6) is -2.81. The minimum atomic E-state index is -6.03. The normalized spacial score (nSPS) is 12.2. The molecule has 1 aromatic rings. The lowest BCUT2D eigenvalue weighted by Crippen LogP contribution is -2.48. The number of guanidine groups is 3. The van der Waals surface area contributed by atoms with E-state index < -0.39 is 74.2 Å². The van der Waals surface area contributed by atoms with Gasteiger partial charge in [0.15, 0.2) is 28.4 Å². The second-order valence-electron chi connectivity index (χ2n) is 15.8. The number of alkyl carbamates (subject to hydrolysis) is 4. The van der Waals surface area contributed by atoms with Gasteiger partial charge >= 0.3 is 39.9 Å². The maximum Gasteiger partial charge on any atom is 0.518 e. The summed E-state index contributed by atoms with van der Waals surface area (Å²) in [5, 5.41) is 10.1. The predicted octanol–water partition coefficient (Wildman–Crippen LogP) is 3.38. The first-order chi connectivity index (χ1) is 27.3. The van der Waals surface area contributed by atoms with Gasteiger partial charge in [-0.15, -0.1) is 4.40 Å². The Kier molecular flexibility index (Phi) is 19.9. The molecule has 0 saturated heterocycles. The molecule has 0 unspecified atom stereocenters. The van der Waals surface area contributed by atoms with Gasteiger partial charge in [-0.1, -0.05) is 11.6 Å². The van der Waals surface area contributed by atoms with Crippen LogP contribution in [0.15, 0.2) is 14.4 Å². The van der Waals surface area contributed by atoms with Crippen molar-refractivity contribution in [3.05, 3.63) is 10.8 Å². The minimum absolute atomic E-state index is 0.116. The molecule has 0 bridgehead atoms. The van der Waals surface area contributed by atoms with Crippen LogP contribution < -0.4 is 43.8 Å². The summed E-state index contributed by atoms with van der Waals surface area (Å²) >= 11 is 5.76. The van der Waals surface area contributed by atoms with E-state index in [9.17, 15) is 45.6 Å². The highest BCUT2D eigenvalue weighted by Crippen LogP contribution is 2.24. The van der Waals surface area contributed by atoms with E-state index in [1.807, 2.05) is 0 Å². The summed E-state index contributed by atoms with van der Waals surface area (Å²) < 4.78 is 81.7. The van der Waals surface area contributed by atoms with Gasteiger partial charge in [0, 0.05) is 13.1 Å². The highest BCUT2D eigenvalue weighted by Gasteiger charge is 2.46. The summed E-state index contributed by atoms with van der Waals surface area (Å²) in [5.41, 5.74) is 7.23. The molecular formula is C32H53ClF3N13O11S. The molecule has 61 heavy (non-hydrogen) atoms. The maximum absolute atomic E-state index is 12.4. The van der Waals surface area contributed by atoms with Crippen molar-refractivity contribution in [1.29, 1.82) is 0 Å². The van der Waals surface area contributed by atoms with Crippen LogP contribution in [0.2, 0.25) is 5.15 Å². The van der Waals surface area contributed by atoms with Crippen LogP contribution in [0.1, 0.15) is 100.0 Å². The molecule has 24 nitrogen and oxygen atoms in total. The van der Waals surface area contributed by atoms with Crippen LogP contribution in [0.5, 0.6) is 0 Å². The van der Waals surface area contributed by atoms with E-state index in [1.54, 1.807) is 52.2 Å².